The molecule has 0 unspecified atom stereocenters. The van der Waals surface area contributed by atoms with Gasteiger partial charge in [0.25, 0.3) is 0 Å². The van der Waals surface area contributed by atoms with E-state index in [1.54, 1.807) is 18.2 Å². The van der Waals surface area contributed by atoms with E-state index in [1.807, 2.05) is 0 Å². The molecule has 1 aromatic carbocycles. The molecule has 1 aromatic heterocycles. The Morgan fingerprint density at radius 1 is 1.53 bits per heavy atom. The summed E-state index contributed by atoms with van der Waals surface area (Å²) in [5.41, 5.74) is 1.02. The SMILES string of the molecule is COC(=O)c1ccc(OCc2nnsc2Cl)c(Br)c1. The van der Waals surface area contributed by atoms with Gasteiger partial charge in [-0.1, -0.05) is 16.1 Å². The highest BCUT2D eigenvalue weighted by molar-refractivity contribution is 9.10. The number of carbonyl (C=O) groups is 1. The molecular weight excluding hydrogens is 356 g/mol. The van der Waals surface area contributed by atoms with E-state index < -0.39 is 5.97 Å². The molecule has 2 aromatic rings. The van der Waals surface area contributed by atoms with Crippen LogP contribution in [0.25, 0.3) is 0 Å². The first kappa shape index (κ1) is 14.2. The van der Waals surface area contributed by atoms with Gasteiger partial charge in [0.15, 0.2) is 0 Å². The van der Waals surface area contributed by atoms with Crippen LogP contribution in [0.15, 0.2) is 22.7 Å². The Labute approximate surface area is 126 Å². The molecule has 0 bridgehead atoms. The second kappa shape index (κ2) is 6.31. The Morgan fingerprint density at radius 2 is 2.32 bits per heavy atom. The Morgan fingerprint density at radius 3 is 2.89 bits per heavy atom. The monoisotopic (exact) mass is 362 g/mol. The summed E-state index contributed by atoms with van der Waals surface area (Å²) in [4.78, 5) is 11.3. The molecule has 0 aliphatic rings. The van der Waals surface area contributed by atoms with Crippen LogP contribution in [0, 0.1) is 0 Å². The number of nitrogens with zero attached hydrogens (tertiary/aromatic N) is 2. The molecule has 0 aliphatic heterocycles. The van der Waals surface area contributed by atoms with Gasteiger partial charge in [-0.2, -0.15) is 0 Å². The predicted molar refractivity (Wildman–Crippen MR) is 74.7 cm³/mol. The fraction of sp³-hybridized carbons (Fsp3) is 0.182. The molecule has 100 valence electrons. The number of benzene rings is 1. The number of esters is 1. The van der Waals surface area contributed by atoms with Crippen molar-refractivity contribution in [2.24, 2.45) is 0 Å². The van der Waals surface area contributed by atoms with E-state index in [4.69, 9.17) is 16.3 Å². The van der Waals surface area contributed by atoms with Crippen LogP contribution in [-0.2, 0) is 11.3 Å². The molecule has 0 fully saturated rings. The van der Waals surface area contributed by atoms with Crippen LogP contribution in [0.4, 0.5) is 0 Å². The topological polar surface area (TPSA) is 61.3 Å². The van der Waals surface area contributed by atoms with Crippen molar-refractivity contribution in [2.45, 2.75) is 6.61 Å². The van der Waals surface area contributed by atoms with Crippen molar-refractivity contribution in [2.75, 3.05) is 7.11 Å². The highest BCUT2D eigenvalue weighted by Crippen LogP contribution is 2.28. The highest BCUT2D eigenvalue weighted by atomic mass is 79.9. The van der Waals surface area contributed by atoms with Crippen molar-refractivity contribution in [3.8, 4) is 5.75 Å². The van der Waals surface area contributed by atoms with Crippen LogP contribution < -0.4 is 4.74 Å². The predicted octanol–water partition coefficient (Wildman–Crippen LogP) is 3.32. The second-order valence-corrected chi connectivity index (χ2v) is 5.63. The minimum atomic E-state index is -0.404. The molecule has 19 heavy (non-hydrogen) atoms. The number of aromatic nitrogens is 2. The molecule has 0 N–H and O–H groups in total. The Balaban J connectivity index is 2.09. The molecule has 0 aliphatic carbocycles. The molecule has 0 atom stereocenters. The van der Waals surface area contributed by atoms with Gasteiger partial charge in [-0.25, -0.2) is 4.79 Å². The van der Waals surface area contributed by atoms with E-state index in [1.165, 1.54) is 7.11 Å². The third kappa shape index (κ3) is 3.43. The van der Waals surface area contributed by atoms with Crippen LogP contribution in [0.1, 0.15) is 16.1 Å². The quantitative estimate of drug-likeness (QED) is 0.780. The lowest BCUT2D eigenvalue weighted by Crippen LogP contribution is -2.02. The molecule has 5 nitrogen and oxygen atoms in total. The van der Waals surface area contributed by atoms with Gasteiger partial charge in [0.1, 0.15) is 22.4 Å². The maximum Gasteiger partial charge on any atom is 0.337 e. The Bertz CT molecular complexity index is 605. The molecular formula is C11H8BrClN2O3S. The van der Waals surface area contributed by atoms with Crippen molar-refractivity contribution in [3.63, 3.8) is 0 Å². The normalized spacial score (nSPS) is 10.3. The molecule has 2 rings (SSSR count). The second-order valence-electron chi connectivity index (χ2n) is 3.42. The van der Waals surface area contributed by atoms with Crippen LogP contribution in [-0.4, -0.2) is 22.7 Å². The summed E-state index contributed by atoms with van der Waals surface area (Å²) in [5.74, 6) is 0.177. The number of halogens is 2. The fourth-order valence-corrected chi connectivity index (χ4v) is 2.39. The molecule has 0 amide bonds. The number of hydrogen-bond acceptors (Lipinski definition) is 6. The van der Waals surface area contributed by atoms with E-state index in [0.717, 1.165) is 11.5 Å². The minimum Gasteiger partial charge on any atom is -0.486 e. The number of carbonyl (C=O) groups excluding carboxylic acids is 1. The number of methoxy groups -OCH3 is 1. The highest BCUT2D eigenvalue weighted by Gasteiger charge is 2.11. The summed E-state index contributed by atoms with van der Waals surface area (Å²) >= 11 is 10.3. The zero-order valence-electron chi connectivity index (χ0n) is 9.72. The Kier molecular flexibility index (Phi) is 4.73. The summed E-state index contributed by atoms with van der Waals surface area (Å²) in [6.07, 6.45) is 0. The van der Waals surface area contributed by atoms with E-state index >= 15 is 0 Å². The van der Waals surface area contributed by atoms with Gasteiger partial charge in [-0.05, 0) is 34.1 Å². The number of ether oxygens (including phenoxy) is 2. The zero-order valence-corrected chi connectivity index (χ0v) is 12.9. The van der Waals surface area contributed by atoms with Crippen LogP contribution in [0.3, 0.4) is 0 Å². The first-order chi connectivity index (χ1) is 9.11. The first-order valence-corrected chi connectivity index (χ1v) is 7.03. The van der Waals surface area contributed by atoms with Crippen molar-refractivity contribution < 1.29 is 14.3 Å². The van der Waals surface area contributed by atoms with Crippen LogP contribution >= 0.6 is 39.1 Å². The third-order valence-corrected chi connectivity index (χ3v) is 3.83. The van der Waals surface area contributed by atoms with Gasteiger partial charge < -0.3 is 9.47 Å². The maximum absolute atomic E-state index is 11.3. The molecule has 0 saturated heterocycles. The van der Waals surface area contributed by atoms with Gasteiger partial charge in [-0.15, -0.1) is 5.10 Å². The summed E-state index contributed by atoms with van der Waals surface area (Å²) < 4.78 is 15.0. The van der Waals surface area contributed by atoms with Crippen LogP contribution in [0.2, 0.25) is 4.34 Å². The third-order valence-electron chi connectivity index (χ3n) is 2.23. The van der Waals surface area contributed by atoms with Crippen molar-refractivity contribution in [1.82, 2.24) is 9.59 Å². The maximum atomic E-state index is 11.3. The largest absolute Gasteiger partial charge is 0.486 e. The van der Waals surface area contributed by atoms with Gasteiger partial charge in [0.2, 0.25) is 0 Å². The summed E-state index contributed by atoms with van der Waals surface area (Å²) in [5, 5.41) is 3.84. The summed E-state index contributed by atoms with van der Waals surface area (Å²) in [6.45, 7) is 0.214. The van der Waals surface area contributed by atoms with Gasteiger partial charge in [0.05, 0.1) is 17.1 Å². The summed E-state index contributed by atoms with van der Waals surface area (Å²) in [6, 6.07) is 4.92. The van der Waals surface area contributed by atoms with Crippen molar-refractivity contribution >= 4 is 45.0 Å². The van der Waals surface area contributed by atoms with Crippen molar-refractivity contribution in [3.05, 3.63) is 38.3 Å². The molecule has 0 radical (unpaired) electrons. The molecule has 1 heterocycles. The standard InChI is InChI=1S/C11H8BrClN2O3S/c1-17-11(16)6-2-3-9(7(12)4-6)18-5-8-10(13)19-15-14-8/h2-4H,5H2,1H3. The Hall–Kier alpha value is -1.18. The van der Waals surface area contributed by atoms with E-state index in [-0.39, 0.29) is 6.61 Å². The number of hydrogen-bond donors (Lipinski definition) is 0. The summed E-state index contributed by atoms with van der Waals surface area (Å²) in [7, 11) is 1.33. The first-order valence-electron chi connectivity index (χ1n) is 5.09. The van der Waals surface area contributed by atoms with Gasteiger partial charge in [-0.3, -0.25) is 0 Å². The molecule has 8 heteroatoms. The van der Waals surface area contributed by atoms with Gasteiger partial charge in [0, 0.05) is 11.5 Å². The van der Waals surface area contributed by atoms with E-state index in [2.05, 4.69) is 30.3 Å². The van der Waals surface area contributed by atoms with Gasteiger partial charge >= 0.3 is 5.97 Å². The van der Waals surface area contributed by atoms with E-state index in [0.29, 0.717) is 25.8 Å². The van der Waals surface area contributed by atoms with Crippen molar-refractivity contribution in [1.29, 1.82) is 0 Å². The zero-order chi connectivity index (χ0) is 13.8. The minimum absolute atomic E-state index is 0.214. The van der Waals surface area contributed by atoms with E-state index in [9.17, 15) is 4.79 Å². The number of rotatable bonds is 4. The lowest BCUT2D eigenvalue weighted by molar-refractivity contribution is 0.0600. The lowest BCUT2D eigenvalue weighted by Gasteiger charge is -2.08. The lowest BCUT2D eigenvalue weighted by atomic mass is 10.2. The smallest absolute Gasteiger partial charge is 0.337 e. The average Bonchev–Trinajstić information content (AvgIpc) is 2.82. The molecule has 0 saturated carbocycles. The molecule has 0 spiro atoms. The fourth-order valence-electron chi connectivity index (χ4n) is 1.29. The van der Waals surface area contributed by atoms with Crippen LogP contribution in [0.5, 0.6) is 5.75 Å². The average molecular weight is 364 g/mol.